The fourth-order valence-corrected chi connectivity index (χ4v) is 4.43. The number of fused-ring (bicyclic) bond motifs is 1. The van der Waals surface area contributed by atoms with Gasteiger partial charge in [0.15, 0.2) is 0 Å². The Morgan fingerprint density at radius 1 is 1.12 bits per heavy atom. The molecule has 6 heteroatoms. The first-order valence-electron chi connectivity index (χ1n) is 9.52. The lowest BCUT2D eigenvalue weighted by Gasteiger charge is -2.39. The molecule has 1 saturated heterocycles. The number of hydrogen-bond donors (Lipinski definition) is 0. The van der Waals surface area contributed by atoms with E-state index < -0.39 is 0 Å². The van der Waals surface area contributed by atoms with E-state index in [-0.39, 0.29) is 5.92 Å². The van der Waals surface area contributed by atoms with E-state index >= 15 is 0 Å². The third kappa shape index (κ3) is 2.97. The molecule has 1 unspecified atom stereocenters. The van der Waals surface area contributed by atoms with Crippen molar-refractivity contribution in [1.82, 2.24) is 19.9 Å². The Hall–Kier alpha value is -2.37. The highest BCUT2D eigenvalue weighted by molar-refractivity contribution is 5.80. The summed E-state index contributed by atoms with van der Waals surface area (Å²) in [7, 11) is 1.92. The molecular weight excluding hydrogens is 326 g/mol. The average molecular weight is 353 g/mol. The number of rotatable bonds is 2. The summed E-state index contributed by atoms with van der Waals surface area (Å²) in [6.07, 6.45) is 2.53. The predicted octanol–water partition coefficient (Wildman–Crippen LogP) is 1.89. The first-order chi connectivity index (χ1) is 12.5. The zero-order chi connectivity index (χ0) is 18.3. The second kappa shape index (κ2) is 6.74. The minimum absolute atomic E-state index is 0.0754. The van der Waals surface area contributed by atoms with Gasteiger partial charge in [0.2, 0.25) is 5.91 Å². The number of amides is 1. The van der Waals surface area contributed by atoms with Gasteiger partial charge >= 0.3 is 0 Å². The Morgan fingerprint density at radius 2 is 1.81 bits per heavy atom. The molecule has 0 radical (unpaired) electrons. The van der Waals surface area contributed by atoms with E-state index in [4.69, 9.17) is 0 Å². The highest BCUT2D eigenvalue weighted by atomic mass is 16.2. The molecule has 2 aliphatic rings. The van der Waals surface area contributed by atoms with E-state index in [0.29, 0.717) is 5.91 Å². The normalized spacial score (nSPS) is 20.2. The Kier molecular flexibility index (Phi) is 4.42. The van der Waals surface area contributed by atoms with Gasteiger partial charge in [-0.2, -0.15) is 0 Å². The zero-order valence-corrected chi connectivity index (χ0v) is 15.9. The van der Waals surface area contributed by atoms with E-state index in [1.807, 2.05) is 11.7 Å². The largest absolute Gasteiger partial charge is 0.368 e. The molecule has 138 valence electrons. The van der Waals surface area contributed by atoms with Crippen molar-refractivity contribution in [2.45, 2.75) is 33.1 Å². The van der Waals surface area contributed by atoms with Crippen LogP contribution in [0, 0.1) is 19.8 Å². The van der Waals surface area contributed by atoms with Gasteiger partial charge < -0.3 is 9.80 Å². The average Bonchev–Trinajstić information content (AvgIpc) is 3.02. The number of aromatic nitrogens is 3. The van der Waals surface area contributed by atoms with Gasteiger partial charge in [0.1, 0.15) is 0 Å². The van der Waals surface area contributed by atoms with Crippen molar-refractivity contribution in [3.8, 4) is 0 Å². The van der Waals surface area contributed by atoms with Gasteiger partial charge in [-0.1, -0.05) is 23.4 Å². The van der Waals surface area contributed by atoms with E-state index in [1.54, 1.807) is 0 Å². The topological polar surface area (TPSA) is 54.3 Å². The second-order valence-corrected chi connectivity index (χ2v) is 7.60. The molecule has 0 saturated carbocycles. The van der Waals surface area contributed by atoms with Crippen molar-refractivity contribution in [1.29, 1.82) is 0 Å². The number of carbonyl (C=O) groups excluding carboxylic acids is 1. The van der Waals surface area contributed by atoms with Crippen LogP contribution in [0.1, 0.15) is 28.9 Å². The number of para-hydroxylation sites is 1. The van der Waals surface area contributed by atoms with Gasteiger partial charge in [0, 0.05) is 51.3 Å². The maximum Gasteiger partial charge on any atom is 0.226 e. The van der Waals surface area contributed by atoms with Crippen molar-refractivity contribution < 1.29 is 4.79 Å². The smallest absolute Gasteiger partial charge is 0.226 e. The summed E-state index contributed by atoms with van der Waals surface area (Å²) in [5.41, 5.74) is 6.16. The molecule has 4 rings (SSSR count). The van der Waals surface area contributed by atoms with Gasteiger partial charge in [0.25, 0.3) is 0 Å². The van der Waals surface area contributed by atoms with Crippen LogP contribution in [0.5, 0.6) is 0 Å². The highest BCUT2D eigenvalue weighted by Gasteiger charge is 2.32. The number of benzene rings is 1. The molecule has 6 nitrogen and oxygen atoms in total. The molecule has 26 heavy (non-hydrogen) atoms. The van der Waals surface area contributed by atoms with Crippen LogP contribution >= 0.6 is 0 Å². The molecule has 1 aliphatic carbocycles. The van der Waals surface area contributed by atoms with Crippen molar-refractivity contribution in [2.75, 3.05) is 31.1 Å². The van der Waals surface area contributed by atoms with Crippen LogP contribution in [0.4, 0.5) is 5.69 Å². The van der Waals surface area contributed by atoms with Crippen LogP contribution in [0.3, 0.4) is 0 Å². The van der Waals surface area contributed by atoms with Crippen molar-refractivity contribution in [2.24, 2.45) is 13.0 Å². The molecular formula is C20H27N5O. The monoisotopic (exact) mass is 353 g/mol. The maximum absolute atomic E-state index is 13.0. The van der Waals surface area contributed by atoms with Gasteiger partial charge in [0.05, 0.1) is 11.4 Å². The summed E-state index contributed by atoms with van der Waals surface area (Å²) in [6.45, 7) is 7.76. The van der Waals surface area contributed by atoms with Crippen LogP contribution in [0.2, 0.25) is 0 Å². The third-order valence-corrected chi connectivity index (χ3v) is 5.89. The highest BCUT2D eigenvalue weighted by Crippen LogP contribution is 2.28. The Balaban J connectivity index is 1.41. The summed E-state index contributed by atoms with van der Waals surface area (Å²) in [4.78, 5) is 17.5. The number of aryl methyl sites for hydroxylation is 4. The van der Waals surface area contributed by atoms with Crippen molar-refractivity contribution >= 4 is 11.6 Å². The molecule has 0 bridgehead atoms. The van der Waals surface area contributed by atoms with E-state index in [1.165, 1.54) is 16.8 Å². The van der Waals surface area contributed by atoms with Crippen LogP contribution in [0.25, 0.3) is 0 Å². The summed E-state index contributed by atoms with van der Waals surface area (Å²) in [5.74, 6) is 0.379. The number of piperazine rings is 1. The van der Waals surface area contributed by atoms with E-state index in [2.05, 4.69) is 52.2 Å². The lowest BCUT2D eigenvalue weighted by molar-refractivity contribution is -0.136. The van der Waals surface area contributed by atoms with Crippen LogP contribution in [-0.4, -0.2) is 52.0 Å². The number of nitrogens with zero attached hydrogens (tertiary/aromatic N) is 5. The molecule has 1 amide bonds. The molecule has 1 aromatic heterocycles. The lowest BCUT2D eigenvalue weighted by atomic mass is 9.88. The minimum Gasteiger partial charge on any atom is -0.368 e. The summed E-state index contributed by atoms with van der Waals surface area (Å²) < 4.78 is 1.83. The van der Waals surface area contributed by atoms with E-state index in [0.717, 1.165) is 56.8 Å². The SMILES string of the molecule is Cc1cccc(C)c1N1CCN(C(=O)C2CCc3nnn(C)c3C2)CC1. The minimum atomic E-state index is 0.0754. The zero-order valence-electron chi connectivity index (χ0n) is 15.9. The third-order valence-electron chi connectivity index (χ3n) is 5.89. The standard InChI is InChI=1S/C20H27N5O/c1-14-5-4-6-15(2)19(14)24-9-11-25(12-10-24)20(26)16-7-8-17-18(13-16)23(3)22-21-17/h4-6,16H,7-13H2,1-3H3. The summed E-state index contributed by atoms with van der Waals surface area (Å²) in [6, 6.07) is 6.45. The number of anilines is 1. The second-order valence-electron chi connectivity index (χ2n) is 7.60. The first-order valence-corrected chi connectivity index (χ1v) is 9.52. The predicted molar refractivity (Wildman–Crippen MR) is 101 cm³/mol. The number of carbonyl (C=O) groups is 1. The van der Waals surface area contributed by atoms with Gasteiger partial charge in [-0.3, -0.25) is 9.48 Å². The summed E-state index contributed by atoms with van der Waals surface area (Å²) >= 11 is 0. The van der Waals surface area contributed by atoms with Crippen LogP contribution in [-0.2, 0) is 24.7 Å². The molecule has 1 aliphatic heterocycles. The van der Waals surface area contributed by atoms with E-state index in [9.17, 15) is 4.79 Å². The van der Waals surface area contributed by atoms with Gasteiger partial charge in [-0.15, -0.1) is 5.10 Å². The number of hydrogen-bond acceptors (Lipinski definition) is 4. The molecule has 2 heterocycles. The Labute approximate surface area is 154 Å². The lowest BCUT2D eigenvalue weighted by Crippen LogP contribution is -2.51. The first kappa shape index (κ1) is 17.1. The molecule has 1 atom stereocenters. The molecule has 0 N–H and O–H groups in total. The molecule has 1 aromatic carbocycles. The molecule has 1 fully saturated rings. The fourth-order valence-electron chi connectivity index (χ4n) is 4.43. The quantitative estimate of drug-likeness (QED) is 0.827. The molecule has 2 aromatic rings. The summed E-state index contributed by atoms with van der Waals surface area (Å²) in [5, 5.41) is 8.30. The van der Waals surface area contributed by atoms with Crippen LogP contribution in [0.15, 0.2) is 18.2 Å². The van der Waals surface area contributed by atoms with Gasteiger partial charge in [-0.05, 0) is 37.8 Å². The van der Waals surface area contributed by atoms with Crippen LogP contribution < -0.4 is 4.90 Å². The Bertz CT molecular complexity index is 799. The maximum atomic E-state index is 13.0. The van der Waals surface area contributed by atoms with Crippen molar-refractivity contribution in [3.05, 3.63) is 40.7 Å². The van der Waals surface area contributed by atoms with Gasteiger partial charge in [-0.25, -0.2) is 0 Å². The molecule has 0 spiro atoms. The van der Waals surface area contributed by atoms with Crippen molar-refractivity contribution in [3.63, 3.8) is 0 Å². The fraction of sp³-hybridized carbons (Fsp3) is 0.550. The Morgan fingerprint density at radius 3 is 2.50 bits per heavy atom.